The van der Waals surface area contributed by atoms with Crippen LogP contribution in [0.5, 0.6) is 5.75 Å². The molecule has 166 valence electrons. The number of phenolic OH excluding ortho intramolecular Hbond substituents is 1. The van der Waals surface area contributed by atoms with Crippen molar-refractivity contribution < 1.29 is 5.11 Å². The molecular formula is C26H35N3OS. The van der Waals surface area contributed by atoms with Gasteiger partial charge in [-0.2, -0.15) is 0 Å². The lowest BCUT2D eigenvalue weighted by Gasteiger charge is -2.30. The van der Waals surface area contributed by atoms with Gasteiger partial charge in [-0.05, 0) is 79.7 Å². The minimum Gasteiger partial charge on any atom is -0.505 e. The van der Waals surface area contributed by atoms with Gasteiger partial charge in [-0.3, -0.25) is 0 Å². The first-order valence-corrected chi connectivity index (χ1v) is 12.4. The maximum atomic E-state index is 11.0. The molecule has 1 saturated carbocycles. The van der Waals surface area contributed by atoms with Crippen molar-refractivity contribution >= 4 is 22.8 Å². The predicted octanol–water partition coefficient (Wildman–Crippen LogP) is 7.04. The van der Waals surface area contributed by atoms with Crippen LogP contribution in [0.15, 0.2) is 35.2 Å². The van der Waals surface area contributed by atoms with Crippen molar-refractivity contribution in [2.45, 2.75) is 82.8 Å². The molecule has 0 unspecified atom stereocenters. The lowest BCUT2D eigenvalue weighted by molar-refractivity contribution is 0.284. The number of hydrogen-bond donors (Lipinski definition) is 1. The van der Waals surface area contributed by atoms with Gasteiger partial charge in [0.25, 0.3) is 0 Å². The van der Waals surface area contributed by atoms with Crippen LogP contribution in [-0.2, 0) is 5.41 Å². The van der Waals surface area contributed by atoms with Crippen molar-refractivity contribution in [3.8, 4) is 11.4 Å². The van der Waals surface area contributed by atoms with Crippen molar-refractivity contribution in [1.29, 1.82) is 0 Å². The molecule has 0 spiro atoms. The maximum Gasteiger partial charge on any atom is 0.146 e. The monoisotopic (exact) mass is 437 g/mol. The second-order valence-corrected chi connectivity index (χ2v) is 11.8. The van der Waals surface area contributed by atoms with Gasteiger partial charge in [0.1, 0.15) is 22.5 Å². The van der Waals surface area contributed by atoms with Gasteiger partial charge in [-0.25, -0.2) is 0 Å². The Balaban J connectivity index is 1.59. The Morgan fingerprint density at radius 3 is 2.32 bits per heavy atom. The summed E-state index contributed by atoms with van der Waals surface area (Å²) in [6.45, 7) is 13.1. The first-order valence-electron chi connectivity index (χ1n) is 11.5. The fraction of sp³-hybridized carbons (Fsp3) is 0.538. The first-order chi connectivity index (χ1) is 14.6. The molecule has 1 fully saturated rings. The summed E-state index contributed by atoms with van der Waals surface area (Å²) >= 11 is 1.98. The molecule has 1 aromatic heterocycles. The SMILES string of the molecule is Cc1cc(-n2nc3ccc(SC4CCC(C(C)C)CC4)cc3n2)c(O)c(C(C)(C)C)c1. The van der Waals surface area contributed by atoms with Crippen LogP contribution in [-0.4, -0.2) is 25.4 Å². The van der Waals surface area contributed by atoms with Crippen LogP contribution in [0.25, 0.3) is 16.7 Å². The fourth-order valence-corrected chi connectivity index (χ4v) is 5.84. The Morgan fingerprint density at radius 2 is 1.68 bits per heavy atom. The lowest BCUT2D eigenvalue weighted by Crippen LogP contribution is -2.19. The summed E-state index contributed by atoms with van der Waals surface area (Å²) in [5.41, 5.74) is 4.22. The Hall–Kier alpha value is -2.01. The van der Waals surface area contributed by atoms with E-state index in [0.717, 1.165) is 34.0 Å². The zero-order chi connectivity index (χ0) is 22.3. The number of rotatable bonds is 4. The Kier molecular flexibility index (Phi) is 6.08. The molecule has 4 rings (SSSR count). The van der Waals surface area contributed by atoms with Gasteiger partial charge >= 0.3 is 0 Å². The molecule has 1 N–H and O–H groups in total. The van der Waals surface area contributed by atoms with Crippen molar-refractivity contribution in [3.63, 3.8) is 0 Å². The summed E-state index contributed by atoms with van der Waals surface area (Å²) < 4.78 is 0. The van der Waals surface area contributed by atoms with E-state index in [1.807, 2.05) is 30.8 Å². The second-order valence-electron chi connectivity index (χ2n) is 10.5. The van der Waals surface area contributed by atoms with Crippen molar-refractivity contribution in [2.75, 3.05) is 0 Å². The van der Waals surface area contributed by atoms with Gasteiger partial charge < -0.3 is 5.11 Å². The molecule has 31 heavy (non-hydrogen) atoms. The van der Waals surface area contributed by atoms with E-state index in [2.05, 4.69) is 57.9 Å². The molecule has 0 amide bonds. The molecule has 0 bridgehead atoms. The number of aromatic hydroxyl groups is 1. The summed E-state index contributed by atoms with van der Waals surface area (Å²) in [7, 11) is 0. The van der Waals surface area contributed by atoms with E-state index in [9.17, 15) is 5.11 Å². The molecule has 3 aromatic rings. The summed E-state index contributed by atoms with van der Waals surface area (Å²) in [6, 6.07) is 10.4. The third kappa shape index (κ3) is 4.77. The highest BCUT2D eigenvalue weighted by atomic mass is 32.2. The smallest absolute Gasteiger partial charge is 0.146 e. The topological polar surface area (TPSA) is 50.9 Å². The number of thioether (sulfide) groups is 1. The number of aromatic nitrogens is 3. The molecule has 0 saturated heterocycles. The highest BCUT2D eigenvalue weighted by Gasteiger charge is 2.25. The van der Waals surface area contributed by atoms with Crippen LogP contribution in [0, 0.1) is 18.8 Å². The summed E-state index contributed by atoms with van der Waals surface area (Å²) in [6.07, 6.45) is 5.28. The molecule has 0 aliphatic heterocycles. The number of benzene rings is 2. The number of nitrogens with zero attached hydrogens (tertiary/aromatic N) is 3. The second kappa shape index (κ2) is 8.50. The normalized spacial score (nSPS) is 20.0. The molecule has 0 radical (unpaired) electrons. The van der Waals surface area contributed by atoms with E-state index >= 15 is 0 Å². The average molecular weight is 438 g/mol. The van der Waals surface area contributed by atoms with E-state index < -0.39 is 0 Å². The minimum absolute atomic E-state index is 0.157. The zero-order valence-electron chi connectivity index (χ0n) is 19.6. The highest BCUT2D eigenvalue weighted by Crippen LogP contribution is 2.39. The van der Waals surface area contributed by atoms with Crippen LogP contribution >= 0.6 is 11.8 Å². The number of aryl methyl sites for hydroxylation is 1. The molecule has 2 aromatic carbocycles. The number of hydrogen-bond acceptors (Lipinski definition) is 4. The molecule has 0 atom stereocenters. The van der Waals surface area contributed by atoms with Crippen molar-refractivity contribution in [1.82, 2.24) is 15.0 Å². The third-order valence-corrected chi connectivity index (χ3v) is 7.90. The quantitative estimate of drug-likeness (QED) is 0.475. The fourth-order valence-electron chi connectivity index (χ4n) is 4.62. The minimum atomic E-state index is -0.157. The number of phenols is 1. The maximum absolute atomic E-state index is 11.0. The van der Waals surface area contributed by atoms with Crippen LogP contribution in [0.4, 0.5) is 0 Å². The van der Waals surface area contributed by atoms with Gasteiger partial charge in [0.15, 0.2) is 0 Å². The summed E-state index contributed by atoms with van der Waals surface area (Å²) in [5, 5.41) is 21.0. The molecule has 1 aliphatic carbocycles. The molecule has 1 aliphatic rings. The molecule has 1 heterocycles. The van der Waals surface area contributed by atoms with Gasteiger partial charge in [-0.1, -0.05) is 40.7 Å². The van der Waals surface area contributed by atoms with E-state index in [1.54, 1.807) is 4.80 Å². The molecule has 5 heteroatoms. The van der Waals surface area contributed by atoms with Crippen LogP contribution in [0.2, 0.25) is 0 Å². The van der Waals surface area contributed by atoms with Crippen molar-refractivity contribution in [2.24, 2.45) is 11.8 Å². The summed E-state index contributed by atoms with van der Waals surface area (Å²) in [4.78, 5) is 2.85. The first kappa shape index (κ1) is 22.2. The Morgan fingerprint density at radius 1 is 1.00 bits per heavy atom. The van der Waals surface area contributed by atoms with E-state index in [0.29, 0.717) is 10.9 Å². The van der Waals surface area contributed by atoms with Crippen LogP contribution in [0.3, 0.4) is 0 Å². The number of fused-ring (bicyclic) bond motifs is 1. The lowest BCUT2D eigenvalue weighted by atomic mass is 9.81. The average Bonchev–Trinajstić information content (AvgIpc) is 3.12. The Labute approximate surface area is 190 Å². The standard InChI is InChI=1S/C26H35N3OS/c1-16(2)18-7-9-19(10-8-18)31-20-11-12-22-23(15-20)28-29(27-22)24-14-17(3)13-21(25(24)30)26(4,5)6/h11-16,18-19,30H,7-10H2,1-6H3. The van der Waals surface area contributed by atoms with E-state index in [-0.39, 0.29) is 11.2 Å². The summed E-state index contributed by atoms with van der Waals surface area (Å²) in [5.74, 6) is 1.95. The van der Waals surface area contributed by atoms with Gasteiger partial charge in [0, 0.05) is 15.7 Å². The van der Waals surface area contributed by atoms with Gasteiger partial charge in [0.05, 0.1) is 0 Å². The van der Waals surface area contributed by atoms with E-state index in [1.165, 1.54) is 30.6 Å². The van der Waals surface area contributed by atoms with E-state index in [4.69, 9.17) is 5.10 Å². The predicted molar refractivity (Wildman–Crippen MR) is 130 cm³/mol. The largest absolute Gasteiger partial charge is 0.505 e. The van der Waals surface area contributed by atoms with Crippen LogP contribution < -0.4 is 0 Å². The zero-order valence-corrected chi connectivity index (χ0v) is 20.5. The third-order valence-electron chi connectivity index (χ3n) is 6.57. The van der Waals surface area contributed by atoms with Crippen molar-refractivity contribution in [3.05, 3.63) is 41.5 Å². The van der Waals surface area contributed by atoms with Gasteiger partial charge in [-0.15, -0.1) is 26.8 Å². The highest BCUT2D eigenvalue weighted by molar-refractivity contribution is 8.00. The molecule has 4 nitrogen and oxygen atoms in total. The van der Waals surface area contributed by atoms with Crippen LogP contribution in [0.1, 0.15) is 71.4 Å². The Bertz CT molecular complexity index is 1070. The molecular weight excluding hydrogens is 402 g/mol. The van der Waals surface area contributed by atoms with Gasteiger partial charge in [0.2, 0.25) is 0 Å².